The first-order valence-corrected chi connectivity index (χ1v) is 7.99. The number of nitrogens with zero attached hydrogens (tertiary/aromatic N) is 2. The van der Waals surface area contributed by atoms with E-state index in [1.165, 1.54) is 18.2 Å². The third-order valence-corrected chi connectivity index (χ3v) is 3.80. The molecule has 0 saturated carbocycles. The van der Waals surface area contributed by atoms with Gasteiger partial charge in [-0.2, -0.15) is 0 Å². The number of aryl methyl sites for hydroxylation is 1. The summed E-state index contributed by atoms with van der Waals surface area (Å²) in [5.74, 6) is -1.73. The van der Waals surface area contributed by atoms with E-state index >= 15 is 0 Å². The number of aromatic nitrogens is 2. The first kappa shape index (κ1) is 17.9. The minimum Gasteiger partial charge on any atom is -0.463 e. The molecule has 1 atom stereocenters. The number of carbonyl (C=O) groups excluding carboxylic acids is 2. The van der Waals surface area contributed by atoms with Gasteiger partial charge in [-0.3, -0.25) is 9.59 Å². The number of ether oxygens (including phenoxy) is 1. The van der Waals surface area contributed by atoms with Crippen molar-refractivity contribution >= 4 is 23.6 Å². The van der Waals surface area contributed by atoms with Crippen LogP contribution >= 0.6 is 11.8 Å². The molecule has 0 radical (unpaired) electrons. The standard InChI is InChI=1S/C16H15FN2O4S/c1-3-23-15(22)13(17)24-16-18-10(2)9-12(20)19(16)14(21)11-7-5-4-6-8-11/h4-9,13H,3H2,1-2H3. The Hall–Kier alpha value is -2.48. The number of rotatable bonds is 5. The van der Waals surface area contributed by atoms with Gasteiger partial charge in [-0.25, -0.2) is 18.7 Å². The van der Waals surface area contributed by atoms with Crippen molar-refractivity contribution in [1.29, 1.82) is 0 Å². The fourth-order valence-electron chi connectivity index (χ4n) is 1.89. The maximum atomic E-state index is 14.0. The van der Waals surface area contributed by atoms with Crippen molar-refractivity contribution in [3.63, 3.8) is 0 Å². The zero-order valence-electron chi connectivity index (χ0n) is 13.1. The van der Waals surface area contributed by atoms with Crippen LogP contribution in [-0.4, -0.2) is 33.5 Å². The van der Waals surface area contributed by atoms with Gasteiger partial charge in [-0.05, 0) is 37.7 Å². The second-order valence-electron chi connectivity index (χ2n) is 4.71. The highest BCUT2D eigenvalue weighted by Gasteiger charge is 2.25. The molecule has 1 heterocycles. The highest BCUT2D eigenvalue weighted by Crippen LogP contribution is 2.23. The maximum absolute atomic E-state index is 14.0. The molecular weight excluding hydrogens is 335 g/mol. The lowest BCUT2D eigenvalue weighted by Crippen LogP contribution is -2.30. The van der Waals surface area contributed by atoms with Gasteiger partial charge in [-0.1, -0.05) is 18.2 Å². The zero-order chi connectivity index (χ0) is 17.7. The van der Waals surface area contributed by atoms with E-state index in [-0.39, 0.29) is 17.3 Å². The molecule has 6 nitrogen and oxygen atoms in total. The molecule has 0 aliphatic rings. The van der Waals surface area contributed by atoms with Crippen LogP contribution in [0.5, 0.6) is 0 Å². The largest absolute Gasteiger partial charge is 0.463 e. The van der Waals surface area contributed by atoms with Crippen LogP contribution in [0.3, 0.4) is 0 Å². The van der Waals surface area contributed by atoms with E-state index in [4.69, 9.17) is 0 Å². The van der Waals surface area contributed by atoms with Crippen LogP contribution in [0.4, 0.5) is 4.39 Å². The number of hydrogen-bond acceptors (Lipinski definition) is 6. The maximum Gasteiger partial charge on any atom is 0.351 e. The molecule has 0 spiro atoms. The minimum atomic E-state index is -2.09. The molecular formula is C16H15FN2O4S. The van der Waals surface area contributed by atoms with E-state index in [0.29, 0.717) is 17.5 Å². The number of thioether (sulfide) groups is 1. The molecule has 0 aliphatic carbocycles. The van der Waals surface area contributed by atoms with Gasteiger partial charge in [0.15, 0.2) is 5.16 Å². The van der Waals surface area contributed by atoms with Crippen molar-refractivity contribution < 1.29 is 18.7 Å². The second kappa shape index (κ2) is 7.87. The molecule has 1 unspecified atom stereocenters. The third-order valence-electron chi connectivity index (χ3n) is 2.92. The van der Waals surface area contributed by atoms with E-state index < -0.39 is 22.9 Å². The van der Waals surface area contributed by atoms with Crippen LogP contribution < -0.4 is 5.56 Å². The summed E-state index contributed by atoms with van der Waals surface area (Å²) < 4.78 is 19.3. The van der Waals surface area contributed by atoms with Gasteiger partial charge in [0.1, 0.15) is 0 Å². The van der Waals surface area contributed by atoms with E-state index in [9.17, 15) is 18.8 Å². The van der Waals surface area contributed by atoms with Gasteiger partial charge in [0.05, 0.1) is 6.61 Å². The summed E-state index contributed by atoms with van der Waals surface area (Å²) in [4.78, 5) is 40.2. The average molecular weight is 350 g/mol. The Bertz CT molecular complexity index is 807. The first-order valence-electron chi connectivity index (χ1n) is 7.12. The van der Waals surface area contributed by atoms with Crippen molar-refractivity contribution in [1.82, 2.24) is 9.55 Å². The van der Waals surface area contributed by atoms with Crippen molar-refractivity contribution in [2.45, 2.75) is 24.5 Å². The summed E-state index contributed by atoms with van der Waals surface area (Å²) in [6.45, 7) is 3.12. The number of alkyl halides is 1. The average Bonchev–Trinajstić information content (AvgIpc) is 2.55. The predicted molar refractivity (Wildman–Crippen MR) is 86.8 cm³/mol. The number of hydrogen-bond donors (Lipinski definition) is 0. The Kier molecular flexibility index (Phi) is 5.86. The lowest BCUT2D eigenvalue weighted by molar-refractivity contribution is -0.145. The zero-order valence-corrected chi connectivity index (χ0v) is 13.9. The number of carbonyl (C=O) groups is 2. The van der Waals surface area contributed by atoms with Gasteiger partial charge in [0.25, 0.3) is 11.5 Å². The number of halogens is 1. The molecule has 0 amide bonds. The third kappa shape index (κ3) is 4.08. The molecule has 0 saturated heterocycles. The molecule has 0 aliphatic heterocycles. The van der Waals surface area contributed by atoms with Gasteiger partial charge >= 0.3 is 5.97 Å². The van der Waals surface area contributed by atoms with E-state index in [2.05, 4.69) is 9.72 Å². The molecule has 126 valence electrons. The Morgan fingerprint density at radius 2 is 2.00 bits per heavy atom. The molecule has 8 heteroatoms. The van der Waals surface area contributed by atoms with Crippen molar-refractivity contribution in [3.8, 4) is 0 Å². The van der Waals surface area contributed by atoms with Gasteiger partial charge in [0, 0.05) is 17.3 Å². The molecule has 0 bridgehead atoms. The Labute approximate surface area is 141 Å². The summed E-state index contributed by atoms with van der Waals surface area (Å²) >= 11 is 0.359. The highest BCUT2D eigenvalue weighted by atomic mass is 32.2. The van der Waals surface area contributed by atoms with Gasteiger partial charge < -0.3 is 4.74 Å². The monoisotopic (exact) mass is 350 g/mol. The SMILES string of the molecule is CCOC(=O)C(F)Sc1nc(C)cc(=O)n1C(=O)c1ccccc1. The molecule has 24 heavy (non-hydrogen) atoms. The quantitative estimate of drug-likeness (QED) is 0.467. The van der Waals surface area contributed by atoms with Crippen molar-refractivity contribution in [2.24, 2.45) is 0 Å². The smallest absolute Gasteiger partial charge is 0.351 e. The lowest BCUT2D eigenvalue weighted by atomic mass is 10.2. The molecule has 0 N–H and O–H groups in total. The minimum absolute atomic E-state index is 0.0246. The topological polar surface area (TPSA) is 78.3 Å². The van der Waals surface area contributed by atoms with Crippen LogP contribution in [-0.2, 0) is 9.53 Å². The predicted octanol–water partition coefficient (Wildman–Crippen LogP) is 2.19. The first-order chi connectivity index (χ1) is 11.4. The van der Waals surface area contributed by atoms with Gasteiger partial charge in [0.2, 0.25) is 5.50 Å². The van der Waals surface area contributed by atoms with Crippen LogP contribution in [0.1, 0.15) is 23.0 Å². The summed E-state index contributed by atoms with van der Waals surface area (Å²) in [5.41, 5.74) is -2.17. The molecule has 2 rings (SSSR count). The summed E-state index contributed by atoms with van der Waals surface area (Å²) in [7, 11) is 0. The number of esters is 1. The van der Waals surface area contributed by atoms with Crippen molar-refractivity contribution in [3.05, 3.63) is 58.0 Å². The lowest BCUT2D eigenvalue weighted by Gasteiger charge is -2.12. The van der Waals surface area contributed by atoms with Gasteiger partial charge in [-0.15, -0.1) is 0 Å². The second-order valence-corrected chi connectivity index (χ2v) is 5.73. The van der Waals surface area contributed by atoms with E-state index in [1.54, 1.807) is 32.0 Å². The molecule has 1 aromatic heterocycles. The summed E-state index contributed by atoms with van der Waals surface area (Å²) in [6, 6.07) is 9.23. The van der Waals surface area contributed by atoms with Crippen LogP contribution in [0.15, 0.2) is 46.3 Å². The fourth-order valence-corrected chi connectivity index (χ4v) is 2.72. The number of benzene rings is 1. The molecule has 0 fully saturated rings. The molecule has 1 aromatic carbocycles. The highest BCUT2D eigenvalue weighted by molar-refractivity contribution is 8.00. The summed E-state index contributed by atoms with van der Waals surface area (Å²) in [6.07, 6.45) is 0. The Balaban J connectivity index is 2.43. The fraction of sp³-hybridized carbons (Fsp3) is 0.250. The van der Waals surface area contributed by atoms with E-state index in [0.717, 1.165) is 4.57 Å². The van der Waals surface area contributed by atoms with Crippen LogP contribution in [0.2, 0.25) is 0 Å². The van der Waals surface area contributed by atoms with Crippen LogP contribution in [0, 0.1) is 6.92 Å². The molecule has 2 aromatic rings. The Morgan fingerprint density at radius 3 is 2.62 bits per heavy atom. The Morgan fingerprint density at radius 1 is 1.33 bits per heavy atom. The van der Waals surface area contributed by atoms with Crippen LogP contribution in [0.25, 0.3) is 0 Å². The van der Waals surface area contributed by atoms with E-state index in [1.807, 2.05) is 0 Å². The van der Waals surface area contributed by atoms with Crippen molar-refractivity contribution in [2.75, 3.05) is 6.61 Å². The normalized spacial score (nSPS) is 11.8. The summed E-state index contributed by atoms with van der Waals surface area (Å²) in [5, 5.41) is -0.200.